The lowest BCUT2D eigenvalue weighted by Crippen LogP contribution is -2.34. The number of nitrogens with one attached hydrogen (secondary N) is 2. The largest absolute Gasteiger partial charge is 0.467 e. The third kappa shape index (κ3) is 6.22. The molecule has 0 aliphatic rings. The Balaban J connectivity index is 1.83. The summed E-state index contributed by atoms with van der Waals surface area (Å²) >= 11 is 0. The lowest BCUT2D eigenvalue weighted by atomic mass is 10.1. The van der Waals surface area contributed by atoms with Crippen molar-refractivity contribution in [2.75, 3.05) is 6.61 Å². The first-order valence-corrected chi connectivity index (χ1v) is 8.50. The predicted octanol–water partition coefficient (Wildman–Crippen LogP) is 2.81. The molecule has 0 bridgehead atoms. The molecule has 1 unspecified atom stereocenters. The van der Waals surface area contributed by atoms with Crippen molar-refractivity contribution in [3.63, 3.8) is 0 Å². The van der Waals surface area contributed by atoms with Crippen LogP contribution in [-0.4, -0.2) is 24.5 Å². The molecule has 2 aromatic rings. The minimum absolute atomic E-state index is 0.193. The lowest BCUT2D eigenvalue weighted by Gasteiger charge is -2.13. The van der Waals surface area contributed by atoms with Gasteiger partial charge >= 0.3 is 0 Å². The van der Waals surface area contributed by atoms with Gasteiger partial charge in [-0.25, -0.2) is 0 Å². The van der Waals surface area contributed by atoms with Crippen molar-refractivity contribution >= 4 is 11.8 Å². The molecule has 2 rings (SSSR count). The fourth-order valence-electron chi connectivity index (χ4n) is 2.24. The number of hydrogen-bond acceptors (Lipinski definition) is 4. The summed E-state index contributed by atoms with van der Waals surface area (Å²) in [6, 6.07) is 10.7. The summed E-state index contributed by atoms with van der Waals surface area (Å²) < 4.78 is 10.6. The molecule has 1 atom stereocenters. The fourth-order valence-corrected chi connectivity index (χ4v) is 2.24. The minimum Gasteiger partial charge on any atom is -0.467 e. The average Bonchev–Trinajstić information content (AvgIpc) is 3.18. The Morgan fingerprint density at radius 3 is 2.81 bits per heavy atom. The Hall–Kier alpha value is -2.86. The van der Waals surface area contributed by atoms with Gasteiger partial charge in [-0.15, -0.1) is 6.58 Å². The Bertz CT molecular complexity index is 725. The topological polar surface area (TPSA) is 80.6 Å². The van der Waals surface area contributed by atoms with Crippen LogP contribution in [0.25, 0.3) is 0 Å². The van der Waals surface area contributed by atoms with E-state index in [4.69, 9.17) is 9.15 Å². The number of amides is 2. The van der Waals surface area contributed by atoms with Gasteiger partial charge in [0, 0.05) is 12.1 Å². The average molecular weight is 356 g/mol. The number of ether oxygens (including phenoxy) is 1. The lowest BCUT2D eigenvalue weighted by molar-refractivity contribution is -0.131. The summed E-state index contributed by atoms with van der Waals surface area (Å²) in [7, 11) is 0. The van der Waals surface area contributed by atoms with Crippen molar-refractivity contribution in [3.05, 3.63) is 72.2 Å². The maximum absolute atomic E-state index is 12.2. The van der Waals surface area contributed by atoms with Gasteiger partial charge in [0.25, 0.3) is 5.91 Å². The van der Waals surface area contributed by atoms with E-state index in [0.29, 0.717) is 37.4 Å². The summed E-state index contributed by atoms with van der Waals surface area (Å²) in [5, 5.41) is 5.60. The summed E-state index contributed by atoms with van der Waals surface area (Å²) in [5.41, 5.74) is 1.36. The number of carbonyl (C=O) groups excluding carboxylic acids is 2. The van der Waals surface area contributed by atoms with Crippen molar-refractivity contribution in [2.45, 2.75) is 32.5 Å². The highest BCUT2D eigenvalue weighted by Crippen LogP contribution is 2.07. The second-order valence-electron chi connectivity index (χ2n) is 5.77. The van der Waals surface area contributed by atoms with Crippen molar-refractivity contribution in [2.24, 2.45) is 0 Å². The van der Waals surface area contributed by atoms with E-state index < -0.39 is 6.10 Å². The highest BCUT2D eigenvalue weighted by molar-refractivity contribution is 5.94. The number of benzene rings is 1. The molecule has 2 N–H and O–H groups in total. The maximum atomic E-state index is 12.2. The van der Waals surface area contributed by atoms with Crippen LogP contribution in [0.1, 0.15) is 35.0 Å². The first-order valence-electron chi connectivity index (χ1n) is 8.50. The highest BCUT2D eigenvalue weighted by atomic mass is 16.5. The third-order valence-electron chi connectivity index (χ3n) is 3.72. The number of rotatable bonds is 10. The van der Waals surface area contributed by atoms with E-state index in [1.165, 1.54) is 0 Å². The normalized spacial score (nSPS) is 11.6. The maximum Gasteiger partial charge on any atom is 0.251 e. The standard InChI is InChI=1S/C20H24N2O4/c1-3-4-10-25-15(2)19(23)21-13-16-7-5-8-17(12-16)20(24)22-14-18-9-6-11-26-18/h3,5-9,11-12,15H,1,4,10,13-14H2,2H3,(H,21,23)(H,22,24). The molecule has 1 aromatic carbocycles. The molecule has 0 fully saturated rings. The van der Waals surface area contributed by atoms with Crippen molar-refractivity contribution in [1.29, 1.82) is 0 Å². The fraction of sp³-hybridized carbons (Fsp3) is 0.300. The summed E-state index contributed by atoms with van der Waals surface area (Å²) in [6.07, 6.45) is 3.47. The zero-order chi connectivity index (χ0) is 18.8. The Labute approximate surface area is 153 Å². The highest BCUT2D eigenvalue weighted by Gasteiger charge is 2.13. The van der Waals surface area contributed by atoms with E-state index in [2.05, 4.69) is 17.2 Å². The van der Waals surface area contributed by atoms with Crippen molar-refractivity contribution in [1.82, 2.24) is 10.6 Å². The molecule has 26 heavy (non-hydrogen) atoms. The molecule has 0 aliphatic heterocycles. The molecule has 0 spiro atoms. The molecule has 6 nitrogen and oxygen atoms in total. The van der Waals surface area contributed by atoms with Crippen LogP contribution in [0, 0.1) is 0 Å². The second kappa shape index (κ2) is 10.2. The van der Waals surface area contributed by atoms with Crippen LogP contribution in [0.15, 0.2) is 59.7 Å². The number of hydrogen-bond donors (Lipinski definition) is 2. The van der Waals surface area contributed by atoms with Gasteiger partial charge in [-0.05, 0) is 43.2 Å². The monoisotopic (exact) mass is 356 g/mol. The number of furan rings is 1. The SMILES string of the molecule is C=CCCOC(C)C(=O)NCc1cccc(C(=O)NCc2ccco2)c1. The molecule has 0 saturated carbocycles. The summed E-state index contributed by atoms with van der Waals surface area (Å²) in [6.45, 7) is 6.43. The van der Waals surface area contributed by atoms with Gasteiger partial charge in [0.05, 0.1) is 19.4 Å². The molecule has 0 saturated heterocycles. The molecule has 138 valence electrons. The van der Waals surface area contributed by atoms with Gasteiger partial charge in [-0.2, -0.15) is 0 Å². The van der Waals surface area contributed by atoms with E-state index in [9.17, 15) is 9.59 Å². The minimum atomic E-state index is -0.533. The van der Waals surface area contributed by atoms with Gasteiger partial charge in [-0.1, -0.05) is 18.2 Å². The van der Waals surface area contributed by atoms with Crippen LogP contribution in [-0.2, 0) is 22.6 Å². The van der Waals surface area contributed by atoms with Gasteiger partial charge in [0.2, 0.25) is 5.91 Å². The zero-order valence-corrected chi connectivity index (χ0v) is 14.9. The van der Waals surface area contributed by atoms with E-state index in [1.807, 2.05) is 6.07 Å². The molecule has 1 aromatic heterocycles. The van der Waals surface area contributed by atoms with E-state index >= 15 is 0 Å². The van der Waals surface area contributed by atoms with Crippen LogP contribution < -0.4 is 10.6 Å². The van der Waals surface area contributed by atoms with Gasteiger partial charge in [0.15, 0.2) is 0 Å². The molecular weight excluding hydrogens is 332 g/mol. The van der Waals surface area contributed by atoms with Gasteiger partial charge in [0.1, 0.15) is 11.9 Å². The van der Waals surface area contributed by atoms with E-state index in [-0.39, 0.29) is 11.8 Å². The van der Waals surface area contributed by atoms with Crippen LogP contribution in [0.2, 0.25) is 0 Å². The Kier molecular flexibility index (Phi) is 7.64. The summed E-state index contributed by atoms with van der Waals surface area (Å²) in [4.78, 5) is 24.2. The van der Waals surface area contributed by atoms with E-state index in [1.54, 1.807) is 49.6 Å². The molecule has 6 heteroatoms. The first-order chi connectivity index (χ1) is 12.6. The molecule has 2 amide bonds. The number of carbonyl (C=O) groups is 2. The van der Waals surface area contributed by atoms with Gasteiger partial charge in [-0.3, -0.25) is 9.59 Å². The molecular formula is C20H24N2O4. The molecule has 1 heterocycles. The second-order valence-corrected chi connectivity index (χ2v) is 5.77. The smallest absolute Gasteiger partial charge is 0.251 e. The summed E-state index contributed by atoms with van der Waals surface area (Å²) in [5.74, 6) is 0.296. The molecule has 0 aliphatic carbocycles. The molecule has 0 radical (unpaired) electrons. The van der Waals surface area contributed by atoms with Crippen molar-refractivity contribution < 1.29 is 18.7 Å². The quantitative estimate of drug-likeness (QED) is 0.507. The van der Waals surface area contributed by atoms with Crippen LogP contribution >= 0.6 is 0 Å². The van der Waals surface area contributed by atoms with Crippen molar-refractivity contribution in [3.8, 4) is 0 Å². The third-order valence-corrected chi connectivity index (χ3v) is 3.72. The van der Waals surface area contributed by atoms with Crippen LogP contribution in [0.4, 0.5) is 0 Å². The van der Waals surface area contributed by atoms with Crippen LogP contribution in [0.5, 0.6) is 0 Å². The predicted molar refractivity (Wildman–Crippen MR) is 98.4 cm³/mol. The Morgan fingerprint density at radius 1 is 1.23 bits per heavy atom. The Morgan fingerprint density at radius 2 is 2.08 bits per heavy atom. The first kappa shape index (κ1) is 19.5. The van der Waals surface area contributed by atoms with Crippen LogP contribution in [0.3, 0.4) is 0 Å². The van der Waals surface area contributed by atoms with Gasteiger partial charge < -0.3 is 19.8 Å². The van der Waals surface area contributed by atoms with E-state index in [0.717, 1.165) is 5.56 Å². The zero-order valence-electron chi connectivity index (χ0n) is 14.9.